The summed E-state index contributed by atoms with van der Waals surface area (Å²) >= 11 is 0. The molecule has 1 saturated heterocycles. The van der Waals surface area contributed by atoms with Crippen molar-refractivity contribution in [2.45, 2.75) is 23.8 Å². The lowest BCUT2D eigenvalue weighted by atomic mass is 10.0. The molecule has 1 atom stereocenters. The molecule has 1 amide bonds. The number of carbonyl (C=O) groups is 1. The molecule has 28 heavy (non-hydrogen) atoms. The number of carbonyl (C=O) groups excluding carboxylic acids is 1. The first-order chi connectivity index (χ1) is 13.4. The van der Waals surface area contributed by atoms with E-state index < -0.39 is 9.84 Å². The van der Waals surface area contributed by atoms with Gasteiger partial charge in [0.25, 0.3) is 5.91 Å². The van der Waals surface area contributed by atoms with Gasteiger partial charge in [-0.25, -0.2) is 8.42 Å². The van der Waals surface area contributed by atoms with Gasteiger partial charge in [-0.05, 0) is 50.2 Å². The van der Waals surface area contributed by atoms with E-state index in [0.29, 0.717) is 12.1 Å². The normalized spacial score (nSPS) is 15.9. The van der Waals surface area contributed by atoms with Crippen LogP contribution in [-0.2, 0) is 9.84 Å². The Morgan fingerprint density at radius 3 is 2.54 bits per heavy atom. The number of likely N-dealkylation sites (tertiary alicyclic amines) is 1. The second kappa shape index (κ2) is 8.75. The number of rotatable bonds is 7. The van der Waals surface area contributed by atoms with Crippen LogP contribution in [0, 0.1) is 0 Å². The first-order valence-corrected chi connectivity index (χ1v) is 11.2. The summed E-state index contributed by atoms with van der Waals surface area (Å²) in [5.41, 5.74) is 1.38. The topological polar surface area (TPSA) is 75.7 Å². The molecule has 2 aromatic carbocycles. The van der Waals surface area contributed by atoms with Crippen molar-refractivity contribution < 1.29 is 17.9 Å². The highest BCUT2D eigenvalue weighted by Crippen LogP contribution is 2.31. The van der Waals surface area contributed by atoms with E-state index >= 15 is 0 Å². The molecule has 1 heterocycles. The number of hydrogen-bond acceptors (Lipinski definition) is 5. The number of amides is 1. The van der Waals surface area contributed by atoms with Crippen molar-refractivity contribution in [3.63, 3.8) is 0 Å². The molecule has 0 aromatic heterocycles. The third-order valence-electron chi connectivity index (χ3n) is 5.06. The van der Waals surface area contributed by atoms with Gasteiger partial charge in [0.2, 0.25) is 0 Å². The summed E-state index contributed by atoms with van der Waals surface area (Å²) in [6.07, 6.45) is 3.40. The first-order valence-electron chi connectivity index (χ1n) is 9.35. The predicted octanol–water partition coefficient (Wildman–Crippen LogP) is 2.67. The van der Waals surface area contributed by atoms with Gasteiger partial charge in [-0.1, -0.05) is 24.3 Å². The summed E-state index contributed by atoms with van der Waals surface area (Å²) < 4.78 is 29.0. The minimum atomic E-state index is -3.36. The molecule has 2 aromatic rings. The maximum absolute atomic E-state index is 12.7. The van der Waals surface area contributed by atoms with Crippen LogP contribution in [0.4, 0.5) is 0 Å². The fraction of sp³-hybridized carbons (Fsp3) is 0.381. The molecular weight excluding hydrogens is 376 g/mol. The summed E-state index contributed by atoms with van der Waals surface area (Å²) in [5, 5.41) is 2.97. The van der Waals surface area contributed by atoms with Crippen molar-refractivity contribution in [1.82, 2.24) is 10.2 Å². The Hall–Kier alpha value is -2.38. The number of benzene rings is 2. The summed E-state index contributed by atoms with van der Waals surface area (Å²) in [4.78, 5) is 15.2. The van der Waals surface area contributed by atoms with E-state index in [2.05, 4.69) is 10.2 Å². The van der Waals surface area contributed by atoms with Gasteiger partial charge in [0.05, 0.1) is 18.0 Å². The molecule has 0 radical (unpaired) electrons. The Bertz CT molecular complexity index is 937. The van der Waals surface area contributed by atoms with Crippen LogP contribution >= 0.6 is 0 Å². The number of sulfone groups is 1. The summed E-state index contributed by atoms with van der Waals surface area (Å²) in [6.45, 7) is 2.37. The monoisotopic (exact) mass is 402 g/mol. The Kier molecular flexibility index (Phi) is 6.36. The van der Waals surface area contributed by atoms with Crippen LogP contribution in [-0.4, -0.2) is 52.2 Å². The van der Waals surface area contributed by atoms with Crippen LogP contribution in [0.1, 0.15) is 34.8 Å². The molecule has 150 valence electrons. The molecule has 0 aliphatic carbocycles. The minimum Gasteiger partial charge on any atom is -0.496 e. The zero-order chi connectivity index (χ0) is 20.1. The molecule has 6 nitrogen and oxygen atoms in total. The van der Waals surface area contributed by atoms with Crippen LogP contribution in [0.15, 0.2) is 53.4 Å². The second-order valence-corrected chi connectivity index (χ2v) is 9.03. The van der Waals surface area contributed by atoms with Gasteiger partial charge in [-0.2, -0.15) is 0 Å². The molecule has 1 fully saturated rings. The molecule has 1 aliphatic rings. The van der Waals surface area contributed by atoms with Crippen molar-refractivity contribution in [3.8, 4) is 5.75 Å². The second-order valence-electron chi connectivity index (χ2n) is 7.01. The lowest BCUT2D eigenvalue weighted by Gasteiger charge is -2.29. The van der Waals surface area contributed by atoms with E-state index in [1.54, 1.807) is 19.2 Å². The van der Waals surface area contributed by atoms with Gasteiger partial charge in [0, 0.05) is 23.9 Å². The van der Waals surface area contributed by atoms with E-state index in [-0.39, 0.29) is 16.8 Å². The number of hydrogen-bond donors (Lipinski definition) is 1. The van der Waals surface area contributed by atoms with Gasteiger partial charge in [-0.3, -0.25) is 9.69 Å². The maximum Gasteiger partial charge on any atom is 0.251 e. The molecular formula is C21H26N2O4S. The van der Waals surface area contributed by atoms with Crippen molar-refractivity contribution in [3.05, 3.63) is 59.7 Å². The SMILES string of the molecule is COc1ccccc1C(CNC(=O)c1cccc(S(C)(=O)=O)c1)N1CCCC1. The molecule has 0 bridgehead atoms. The number of nitrogens with zero attached hydrogens (tertiary/aromatic N) is 1. The standard InChI is InChI=1S/C21H26N2O4S/c1-27-20-11-4-3-10-18(20)19(23-12-5-6-13-23)15-22-21(24)16-8-7-9-17(14-16)28(2,25)26/h3-4,7-11,14,19H,5-6,12-13,15H2,1-2H3,(H,22,24). The van der Waals surface area contributed by atoms with Crippen LogP contribution in [0.5, 0.6) is 5.75 Å². The summed E-state index contributed by atoms with van der Waals surface area (Å²) in [5.74, 6) is 0.511. The van der Waals surface area contributed by atoms with Gasteiger partial charge in [0.15, 0.2) is 9.84 Å². The van der Waals surface area contributed by atoms with Gasteiger partial charge in [-0.15, -0.1) is 0 Å². The van der Waals surface area contributed by atoms with E-state index in [1.165, 1.54) is 12.1 Å². The van der Waals surface area contributed by atoms with E-state index in [4.69, 9.17) is 4.74 Å². The molecule has 0 spiro atoms. The Morgan fingerprint density at radius 1 is 1.14 bits per heavy atom. The molecule has 7 heteroatoms. The largest absolute Gasteiger partial charge is 0.496 e. The molecule has 1 aliphatic heterocycles. The van der Waals surface area contributed by atoms with Gasteiger partial charge < -0.3 is 10.1 Å². The highest BCUT2D eigenvalue weighted by atomic mass is 32.2. The highest BCUT2D eigenvalue weighted by Gasteiger charge is 2.26. The number of methoxy groups -OCH3 is 1. The van der Waals surface area contributed by atoms with Crippen LogP contribution in [0.25, 0.3) is 0 Å². The quantitative estimate of drug-likeness (QED) is 0.771. The summed E-state index contributed by atoms with van der Waals surface area (Å²) in [7, 11) is -1.71. The average molecular weight is 403 g/mol. The number of nitrogens with one attached hydrogen (secondary N) is 1. The Balaban J connectivity index is 1.79. The third-order valence-corrected chi connectivity index (χ3v) is 6.17. The Labute approximate surface area is 166 Å². The van der Waals surface area contributed by atoms with Gasteiger partial charge >= 0.3 is 0 Å². The molecule has 1 unspecified atom stereocenters. The van der Waals surface area contributed by atoms with Crippen LogP contribution < -0.4 is 10.1 Å². The smallest absolute Gasteiger partial charge is 0.251 e. The zero-order valence-electron chi connectivity index (χ0n) is 16.2. The fourth-order valence-corrected chi connectivity index (χ4v) is 4.26. The number of ether oxygens (including phenoxy) is 1. The third kappa shape index (κ3) is 4.72. The van der Waals surface area contributed by atoms with Crippen molar-refractivity contribution in [2.75, 3.05) is 33.0 Å². The first kappa shape index (κ1) is 20.4. The highest BCUT2D eigenvalue weighted by molar-refractivity contribution is 7.90. The van der Waals surface area contributed by atoms with E-state index in [9.17, 15) is 13.2 Å². The molecule has 0 saturated carbocycles. The zero-order valence-corrected chi connectivity index (χ0v) is 17.0. The van der Waals surface area contributed by atoms with E-state index in [0.717, 1.165) is 43.5 Å². The summed E-state index contributed by atoms with van der Waals surface area (Å²) in [6, 6.07) is 14.0. The van der Waals surface area contributed by atoms with Crippen molar-refractivity contribution >= 4 is 15.7 Å². The lowest BCUT2D eigenvalue weighted by molar-refractivity contribution is 0.0937. The van der Waals surface area contributed by atoms with Crippen LogP contribution in [0.2, 0.25) is 0 Å². The maximum atomic E-state index is 12.7. The minimum absolute atomic E-state index is 0.000639. The van der Waals surface area contributed by atoms with Crippen LogP contribution in [0.3, 0.4) is 0 Å². The van der Waals surface area contributed by atoms with Gasteiger partial charge in [0.1, 0.15) is 5.75 Å². The van der Waals surface area contributed by atoms with E-state index in [1.807, 2.05) is 24.3 Å². The molecule has 1 N–H and O–H groups in total. The Morgan fingerprint density at radius 2 is 1.86 bits per heavy atom. The average Bonchev–Trinajstić information content (AvgIpc) is 3.22. The molecule has 3 rings (SSSR count). The van der Waals surface area contributed by atoms with Crippen molar-refractivity contribution in [2.24, 2.45) is 0 Å². The van der Waals surface area contributed by atoms with Crippen molar-refractivity contribution in [1.29, 1.82) is 0 Å². The fourth-order valence-electron chi connectivity index (χ4n) is 3.59. The lowest BCUT2D eigenvalue weighted by Crippen LogP contribution is -2.37. The number of para-hydroxylation sites is 1. The predicted molar refractivity (Wildman–Crippen MR) is 108 cm³/mol.